The normalized spacial score (nSPS) is 13.5. The topological polar surface area (TPSA) is 74.6 Å². The molecule has 2 heterocycles. The zero-order valence-corrected chi connectivity index (χ0v) is 14.1. The first kappa shape index (κ1) is 18.0. The van der Waals surface area contributed by atoms with E-state index in [1.54, 1.807) is 43.4 Å². The van der Waals surface area contributed by atoms with Crippen molar-refractivity contribution in [2.75, 3.05) is 31.6 Å². The summed E-state index contributed by atoms with van der Waals surface area (Å²) in [5.74, 6) is 0.252. The molecular formula is C17H20ClN3O3. The van der Waals surface area contributed by atoms with E-state index in [0.717, 1.165) is 13.1 Å². The minimum absolute atomic E-state index is 0. The Morgan fingerprint density at radius 3 is 2.62 bits per heavy atom. The van der Waals surface area contributed by atoms with E-state index in [9.17, 15) is 9.59 Å². The molecule has 0 unspecified atom stereocenters. The lowest BCUT2D eigenvalue weighted by atomic mass is 10.0. The first-order chi connectivity index (χ1) is 11.2. The van der Waals surface area contributed by atoms with E-state index in [2.05, 4.69) is 10.6 Å². The molecule has 0 aliphatic carbocycles. The summed E-state index contributed by atoms with van der Waals surface area (Å²) in [7, 11) is 1.63. The molecule has 2 amide bonds. The van der Waals surface area contributed by atoms with Gasteiger partial charge in [0.2, 0.25) is 0 Å². The van der Waals surface area contributed by atoms with Crippen molar-refractivity contribution in [3.8, 4) is 0 Å². The van der Waals surface area contributed by atoms with Crippen molar-refractivity contribution in [2.45, 2.75) is 0 Å². The zero-order valence-electron chi connectivity index (χ0n) is 13.3. The van der Waals surface area contributed by atoms with Crippen LogP contribution in [0.15, 0.2) is 47.1 Å². The molecule has 1 aliphatic rings. The summed E-state index contributed by atoms with van der Waals surface area (Å²) in [4.78, 5) is 26.3. The van der Waals surface area contributed by atoms with Crippen molar-refractivity contribution in [1.82, 2.24) is 10.6 Å². The number of carbonyl (C=O) groups excluding carboxylic acids is 2. The smallest absolute Gasteiger partial charge is 0.293 e. The fourth-order valence-corrected chi connectivity index (χ4v) is 2.46. The molecule has 3 rings (SSSR count). The number of rotatable bonds is 5. The van der Waals surface area contributed by atoms with Crippen LogP contribution in [0.2, 0.25) is 0 Å². The largest absolute Gasteiger partial charge is 0.459 e. The fraction of sp³-hybridized carbons (Fsp3) is 0.294. The highest BCUT2D eigenvalue weighted by atomic mass is 35.5. The van der Waals surface area contributed by atoms with E-state index in [0.29, 0.717) is 23.7 Å². The zero-order chi connectivity index (χ0) is 16.2. The summed E-state index contributed by atoms with van der Waals surface area (Å²) in [5, 5.41) is 6.10. The predicted molar refractivity (Wildman–Crippen MR) is 93.8 cm³/mol. The van der Waals surface area contributed by atoms with Crippen LogP contribution in [0, 0.1) is 5.92 Å². The van der Waals surface area contributed by atoms with Crippen LogP contribution >= 0.6 is 12.4 Å². The number of nitrogens with zero attached hydrogens (tertiary/aromatic N) is 1. The SMILES string of the molecule is CN(C(=O)c1ccco1)c1ccccc1C(=O)NCC1CNC1.Cl. The molecule has 1 fully saturated rings. The Kier molecular flexibility index (Phi) is 6.00. The Hall–Kier alpha value is -2.31. The van der Waals surface area contributed by atoms with Gasteiger partial charge >= 0.3 is 0 Å². The van der Waals surface area contributed by atoms with Gasteiger partial charge in [-0.05, 0) is 24.3 Å². The third-order valence-electron chi connectivity index (χ3n) is 3.96. The van der Waals surface area contributed by atoms with E-state index in [1.165, 1.54) is 11.2 Å². The van der Waals surface area contributed by atoms with Gasteiger partial charge in [-0.3, -0.25) is 9.59 Å². The number of amides is 2. The van der Waals surface area contributed by atoms with Crippen LogP contribution in [0.4, 0.5) is 5.69 Å². The number of para-hydroxylation sites is 1. The summed E-state index contributed by atoms with van der Waals surface area (Å²) < 4.78 is 5.14. The van der Waals surface area contributed by atoms with Gasteiger partial charge in [-0.2, -0.15) is 0 Å². The Balaban J connectivity index is 0.00000208. The molecule has 0 spiro atoms. The van der Waals surface area contributed by atoms with E-state index in [1.807, 2.05) is 0 Å². The molecule has 2 aromatic rings. The van der Waals surface area contributed by atoms with Crippen molar-refractivity contribution in [3.05, 3.63) is 54.0 Å². The van der Waals surface area contributed by atoms with E-state index >= 15 is 0 Å². The van der Waals surface area contributed by atoms with Crippen molar-refractivity contribution >= 4 is 29.9 Å². The lowest BCUT2D eigenvalue weighted by molar-refractivity contribution is 0.0942. The van der Waals surface area contributed by atoms with Crippen molar-refractivity contribution in [1.29, 1.82) is 0 Å². The van der Waals surface area contributed by atoms with Crippen molar-refractivity contribution in [3.63, 3.8) is 0 Å². The minimum atomic E-state index is -0.293. The van der Waals surface area contributed by atoms with Gasteiger partial charge in [-0.1, -0.05) is 12.1 Å². The summed E-state index contributed by atoms with van der Waals surface area (Å²) in [6, 6.07) is 10.3. The number of furan rings is 1. The average molecular weight is 350 g/mol. The maximum atomic E-state index is 12.4. The number of carbonyl (C=O) groups is 2. The molecule has 0 atom stereocenters. The molecular weight excluding hydrogens is 330 g/mol. The molecule has 7 heteroatoms. The van der Waals surface area contributed by atoms with Crippen LogP contribution in [-0.4, -0.2) is 38.5 Å². The van der Waals surface area contributed by atoms with Gasteiger partial charge in [0.15, 0.2) is 5.76 Å². The second-order valence-corrected chi connectivity index (χ2v) is 5.59. The maximum absolute atomic E-state index is 12.4. The standard InChI is InChI=1S/C17H19N3O3.ClH/c1-20(17(22)15-7-4-8-23-15)14-6-3-2-5-13(14)16(21)19-11-12-9-18-10-12;/h2-8,12,18H,9-11H2,1H3,(H,19,21);1H. The number of hydrogen-bond donors (Lipinski definition) is 2. The summed E-state index contributed by atoms with van der Waals surface area (Å²) >= 11 is 0. The van der Waals surface area contributed by atoms with Crippen molar-refractivity contribution in [2.24, 2.45) is 5.92 Å². The van der Waals surface area contributed by atoms with Gasteiger partial charge in [-0.15, -0.1) is 12.4 Å². The number of nitrogens with one attached hydrogen (secondary N) is 2. The lowest BCUT2D eigenvalue weighted by Gasteiger charge is -2.27. The number of anilines is 1. The monoisotopic (exact) mass is 349 g/mol. The van der Waals surface area contributed by atoms with Gasteiger partial charge in [0, 0.05) is 32.6 Å². The number of benzene rings is 1. The Bertz CT molecular complexity index is 699. The maximum Gasteiger partial charge on any atom is 0.293 e. The molecule has 1 saturated heterocycles. The highest BCUT2D eigenvalue weighted by Crippen LogP contribution is 2.21. The Morgan fingerprint density at radius 1 is 1.25 bits per heavy atom. The summed E-state index contributed by atoms with van der Waals surface area (Å²) in [6.45, 7) is 2.49. The lowest BCUT2D eigenvalue weighted by Crippen LogP contribution is -2.48. The van der Waals surface area contributed by atoms with Gasteiger partial charge in [-0.25, -0.2) is 0 Å². The number of hydrogen-bond acceptors (Lipinski definition) is 4. The summed E-state index contributed by atoms with van der Waals surface area (Å²) in [6.07, 6.45) is 1.45. The fourth-order valence-electron chi connectivity index (χ4n) is 2.46. The van der Waals surface area contributed by atoms with Gasteiger partial charge in [0.25, 0.3) is 11.8 Å². The molecule has 0 radical (unpaired) electrons. The molecule has 0 bridgehead atoms. The van der Waals surface area contributed by atoms with Gasteiger partial charge < -0.3 is 20.0 Å². The Labute approximate surface area is 146 Å². The highest BCUT2D eigenvalue weighted by Gasteiger charge is 2.22. The van der Waals surface area contributed by atoms with Crippen LogP contribution in [0.3, 0.4) is 0 Å². The van der Waals surface area contributed by atoms with Gasteiger partial charge in [0.05, 0.1) is 17.5 Å². The molecule has 1 aromatic heterocycles. The molecule has 1 aliphatic heterocycles. The third kappa shape index (κ3) is 3.77. The molecule has 6 nitrogen and oxygen atoms in total. The Morgan fingerprint density at radius 2 is 2.00 bits per heavy atom. The average Bonchev–Trinajstić information content (AvgIpc) is 3.06. The molecule has 128 valence electrons. The number of halogens is 1. The molecule has 0 saturated carbocycles. The minimum Gasteiger partial charge on any atom is -0.459 e. The van der Waals surface area contributed by atoms with E-state index in [4.69, 9.17) is 4.42 Å². The van der Waals surface area contributed by atoms with Crippen LogP contribution in [-0.2, 0) is 0 Å². The van der Waals surface area contributed by atoms with E-state index in [-0.39, 0.29) is 30.0 Å². The van der Waals surface area contributed by atoms with Crippen LogP contribution in [0.5, 0.6) is 0 Å². The second kappa shape index (κ2) is 7.99. The second-order valence-electron chi connectivity index (χ2n) is 5.59. The third-order valence-corrected chi connectivity index (χ3v) is 3.96. The molecule has 24 heavy (non-hydrogen) atoms. The van der Waals surface area contributed by atoms with Crippen LogP contribution < -0.4 is 15.5 Å². The first-order valence-corrected chi connectivity index (χ1v) is 7.56. The quantitative estimate of drug-likeness (QED) is 0.865. The first-order valence-electron chi connectivity index (χ1n) is 7.56. The predicted octanol–water partition coefficient (Wildman–Crippen LogP) is 1.93. The van der Waals surface area contributed by atoms with Crippen LogP contribution in [0.1, 0.15) is 20.9 Å². The summed E-state index contributed by atoms with van der Waals surface area (Å²) in [5.41, 5.74) is 1.03. The molecule has 1 aromatic carbocycles. The molecule has 2 N–H and O–H groups in total. The van der Waals surface area contributed by atoms with Crippen LogP contribution in [0.25, 0.3) is 0 Å². The highest BCUT2D eigenvalue weighted by molar-refractivity contribution is 6.09. The van der Waals surface area contributed by atoms with Gasteiger partial charge in [0.1, 0.15) is 0 Å². The van der Waals surface area contributed by atoms with Crippen molar-refractivity contribution < 1.29 is 14.0 Å². The van der Waals surface area contributed by atoms with E-state index < -0.39 is 0 Å².